The molecule has 5 heteroatoms. The average Bonchev–Trinajstić information content (AvgIpc) is 2.42. The highest BCUT2D eigenvalue weighted by atomic mass is 16.5. The van der Waals surface area contributed by atoms with E-state index in [4.69, 9.17) is 15.5 Å². The lowest BCUT2D eigenvalue weighted by molar-refractivity contribution is 0.305. The third-order valence-electron chi connectivity index (χ3n) is 2.47. The van der Waals surface area contributed by atoms with E-state index in [9.17, 15) is 0 Å². The summed E-state index contributed by atoms with van der Waals surface area (Å²) in [6.45, 7) is 1.25. The average molecular weight is 244 g/mol. The Labute approximate surface area is 107 Å². The molecule has 0 unspecified atom stereocenters. The molecule has 0 aliphatic carbocycles. The fourth-order valence-electron chi connectivity index (χ4n) is 1.50. The zero-order valence-electron chi connectivity index (χ0n) is 10.2. The highest BCUT2D eigenvalue weighted by Gasteiger charge is 1.95. The largest absolute Gasteiger partial charge is 0.494 e. The van der Waals surface area contributed by atoms with Crippen LogP contribution in [0.5, 0.6) is 5.75 Å². The maximum Gasteiger partial charge on any atom is 0.119 e. The van der Waals surface area contributed by atoms with Crippen molar-refractivity contribution < 1.29 is 4.74 Å². The summed E-state index contributed by atoms with van der Waals surface area (Å²) in [5, 5.41) is 12.1. The number of unbranched alkanes of at least 4 members (excludes halogenated alkanes) is 3. The number of azide groups is 1. The second-order valence-corrected chi connectivity index (χ2v) is 3.85. The first-order valence-corrected chi connectivity index (χ1v) is 6.00. The van der Waals surface area contributed by atoms with E-state index in [-0.39, 0.29) is 0 Å². The molecule has 18 heavy (non-hydrogen) atoms. The molecule has 0 aromatic heterocycles. The zero-order chi connectivity index (χ0) is 13.1. The molecular formula is C13H16N4O. The molecule has 0 fully saturated rings. The lowest BCUT2D eigenvalue weighted by atomic mass is 10.2. The molecule has 1 aromatic carbocycles. The van der Waals surface area contributed by atoms with E-state index < -0.39 is 0 Å². The summed E-state index contributed by atoms with van der Waals surface area (Å²) in [6, 6.07) is 9.17. The molecule has 0 N–H and O–H groups in total. The molecule has 0 amide bonds. The van der Waals surface area contributed by atoms with E-state index in [1.165, 1.54) is 0 Å². The number of rotatable bonds is 8. The number of ether oxygens (including phenoxy) is 1. The lowest BCUT2D eigenvalue weighted by Crippen LogP contribution is -1.97. The minimum atomic E-state index is 0.576. The molecule has 94 valence electrons. The van der Waals surface area contributed by atoms with E-state index in [0.717, 1.165) is 31.4 Å². The maximum absolute atomic E-state index is 8.64. The van der Waals surface area contributed by atoms with E-state index >= 15 is 0 Å². The number of nitriles is 1. The van der Waals surface area contributed by atoms with Gasteiger partial charge in [0.05, 0.1) is 18.2 Å². The Morgan fingerprint density at radius 3 is 2.56 bits per heavy atom. The van der Waals surface area contributed by atoms with Gasteiger partial charge >= 0.3 is 0 Å². The second-order valence-electron chi connectivity index (χ2n) is 3.85. The van der Waals surface area contributed by atoms with Gasteiger partial charge < -0.3 is 4.74 Å². The van der Waals surface area contributed by atoms with Crippen molar-refractivity contribution in [1.82, 2.24) is 0 Å². The Morgan fingerprint density at radius 2 is 1.89 bits per heavy atom. The van der Waals surface area contributed by atoms with Crippen LogP contribution in [0.2, 0.25) is 0 Å². The van der Waals surface area contributed by atoms with Crippen molar-refractivity contribution in [2.45, 2.75) is 25.7 Å². The van der Waals surface area contributed by atoms with E-state index in [1.807, 2.05) is 0 Å². The summed E-state index contributed by atoms with van der Waals surface area (Å²) >= 11 is 0. The van der Waals surface area contributed by atoms with Crippen LogP contribution in [0.25, 0.3) is 10.4 Å². The van der Waals surface area contributed by atoms with Crippen molar-refractivity contribution in [2.24, 2.45) is 5.11 Å². The Bertz CT molecular complexity index is 429. The van der Waals surface area contributed by atoms with Crippen molar-refractivity contribution in [1.29, 1.82) is 5.26 Å². The predicted octanol–water partition coefficient (Wildman–Crippen LogP) is 3.81. The van der Waals surface area contributed by atoms with Crippen LogP contribution in [0.1, 0.15) is 31.2 Å². The van der Waals surface area contributed by atoms with Gasteiger partial charge in [0.1, 0.15) is 5.75 Å². The standard InChI is InChI=1S/C13H16N4O/c14-11-12-5-7-13(8-6-12)18-10-4-2-1-3-9-16-17-15/h5-8H,1-4,9-10H2. The van der Waals surface area contributed by atoms with Crippen molar-refractivity contribution in [2.75, 3.05) is 13.2 Å². The normalized spacial score (nSPS) is 9.28. The molecule has 0 spiro atoms. The number of hydrogen-bond donors (Lipinski definition) is 0. The summed E-state index contributed by atoms with van der Waals surface area (Å²) in [6.07, 6.45) is 4.03. The second kappa shape index (κ2) is 8.91. The molecule has 0 saturated carbocycles. The molecule has 1 rings (SSSR count). The molecule has 0 radical (unpaired) electrons. The smallest absolute Gasteiger partial charge is 0.119 e. The van der Waals surface area contributed by atoms with Gasteiger partial charge in [-0.15, -0.1) is 0 Å². The molecule has 0 aliphatic heterocycles. The number of benzene rings is 1. The van der Waals surface area contributed by atoms with E-state index in [2.05, 4.69) is 16.1 Å². The predicted molar refractivity (Wildman–Crippen MR) is 69.1 cm³/mol. The van der Waals surface area contributed by atoms with Gasteiger partial charge in [0.25, 0.3) is 0 Å². The lowest BCUT2D eigenvalue weighted by Gasteiger charge is -2.05. The summed E-state index contributed by atoms with van der Waals surface area (Å²) < 4.78 is 5.54. The Balaban J connectivity index is 2.07. The van der Waals surface area contributed by atoms with Crippen LogP contribution in [0.4, 0.5) is 0 Å². The van der Waals surface area contributed by atoms with Gasteiger partial charge in [0, 0.05) is 11.5 Å². The van der Waals surface area contributed by atoms with Crippen LogP contribution in [-0.4, -0.2) is 13.2 Å². The van der Waals surface area contributed by atoms with Crippen molar-refractivity contribution >= 4 is 0 Å². The van der Waals surface area contributed by atoms with Gasteiger partial charge in [-0.05, 0) is 42.6 Å². The molecule has 0 aliphatic rings. The Morgan fingerprint density at radius 1 is 1.17 bits per heavy atom. The monoisotopic (exact) mass is 244 g/mol. The highest BCUT2D eigenvalue weighted by Crippen LogP contribution is 2.12. The number of hydrogen-bond acceptors (Lipinski definition) is 3. The molecule has 5 nitrogen and oxygen atoms in total. The minimum Gasteiger partial charge on any atom is -0.494 e. The molecule has 0 atom stereocenters. The van der Waals surface area contributed by atoms with Crippen LogP contribution in [0, 0.1) is 11.3 Å². The summed E-state index contributed by atoms with van der Waals surface area (Å²) in [5.74, 6) is 0.795. The van der Waals surface area contributed by atoms with Gasteiger partial charge in [-0.25, -0.2) is 0 Å². The molecule has 0 saturated heterocycles. The molecule has 1 aromatic rings. The van der Waals surface area contributed by atoms with Crippen LogP contribution in [-0.2, 0) is 0 Å². The number of nitrogens with zero attached hydrogens (tertiary/aromatic N) is 4. The SMILES string of the molecule is N#Cc1ccc(OCCCCCCN=[N+]=[N-])cc1. The van der Waals surface area contributed by atoms with Crippen LogP contribution in [0.3, 0.4) is 0 Å². The van der Waals surface area contributed by atoms with Crippen LogP contribution >= 0.6 is 0 Å². The third kappa shape index (κ3) is 5.78. The fourth-order valence-corrected chi connectivity index (χ4v) is 1.50. The molecule has 0 heterocycles. The van der Waals surface area contributed by atoms with Gasteiger partial charge in [-0.1, -0.05) is 18.0 Å². The zero-order valence-corrected chi connectivity index (χ0v) is 10.2. The van der Waals surface area contributed by atoms with Crippen LogP contribution < -0.4 is 4.74 Å². The topological polar surface area (TPSA) is 81.8 Å². The van der Waals surface area contributed by atoms with Crippen molar-refractivity contribution in [3.8, 4) is 11.8 Å². The fraction of sp³-hybridized carbons (Fsp3) is 0.462. The minimum absolute atomic E-state index is 0.576. The van der Waals surface area contributed by atoms with Crippen molar-refractivity contribution in [3.05, 3.63) is 40.3 Å². The first-order chi connectivity index (χ1) is 8.86. The van der Waals surface area contributed by atoms with Gasteiger partial charge in [-0.3, -0.25) is 0 Å². The molecular weight excluding hydrogens is 228 g/mol. The maximum atomic E-state index is 8.64. The van der Waals surface area contributed by atoms with Crippen LogP contribution in [0.15, 0.2) is 29.4 Å². The third-order valence-corrected chi connectivity index (χ3v) is 2.47. The highest BCUT2D eigenvalue weighted by molar-refractivity contribution is 5.34. The summed E-state index contributed by atoms with van der Waals surface area (Å²) in [5.41, 5.74) is 8.73. The van der Waals surface area contributed by atoms with E-state index in [0.29, 0.717) is 18.7 Å². The van der Waals surface area contributed by atoms with Gasteiger partial charge in [0.2, 0.25) is 0 Å². The Kier molecular flexibility index (Phi) is 6.87. The van der Waals surface area contributed by atoms with Gasteiger partial charge in [0.15, 0.2) is 0 Å². The quantitative estimate of drug-likeness (QED) is 0.301. The Hall–Kier alpha value is -2.18. The molecule has 0 bridgehead atoms. The first-order valence-electron chi connectivity index (χ1n) is 6.00. The van der Waals surface area contributed by atoms with E-state index in [1.54, 1.807) is 24.3 Å². The van der Waals surface area contributed by atoms with Gasteiger partial charge in [-0.2, -0.15) is 5.26 Å². The first kappa shape index (κ1) is 13.9. The summed E-state index contributed by atoms with van der Waals surface area (Å²) in [4.78, 5) is 2.70. The summed E-state index contributed by atoms with van der Waals surface area (Å²) in [7, 11) is 0. The van der Waals surface area contributed by atoms with Crippen molar-refractivity contribution in [3.63, 3.8) is 0 Å².